The second-order valence-corrected chi connectivity index (χ2v) is 7.01. The molecule has 0 saturated heterocycles. The Balaban J connectivity index is 2.98. The van der Waals surface area contributed by atoms with Crippen LogP contribution in [0.25, 0.3) is 0 Å². The Morgan fingerprint density at radius 2 is 1.85 bits per heavy atom. The maximum Gasteiger partial charge on any atom is 0.331 e. The van der Waals surface area contributed by atoms with Crippen LogP contribution in [0.1, 0.15) is 26.7 Å². The molecule has 20 heavy (non-hydrogen) atoms. The lowest BCUT2D eigenvalue weighted by molar-refractivity contribution is -0.145. The highest BCUT2D eigenvalue weighted by molar-refractivity contribution is 7.90. The second-order valence-electron chi connectivity index (χ2n) is 5.00. The number of anilines is 1. The molecule has 5 nitrogen and oxygen atoms in total. The van der Waals surface area contributed by atoms with E-state index in [0.717, 1.165) is 12.7 Å². The van der Waals surface area contributed by atoms with Gasteiger partial charge in [-0.05, 0) is 37.6 Å². The highest BCUT2D eigenvalue weighted by atomic mass is 32.2. The van der Waals surface area contributed by atoms with Crippen molar-refractivity contribution in [2.45, 2.75) is 37.1 Å². The van der Waals surface area contributed by atoms with Gasteiger partial charge >= 0.3 is 5.97 Å². The Morgan fingerprint density at radius 3 is 2.25 bits per heavy atom. The van der Waals surface area contributed by atoms with Crippen molar-refractivity contribution in [1.82, 2.24) is 0 Å². The van der Waals surface area contributed by atoms with E-state index < -0.39 is 15.4 Å². The Labute approximate surface area is 120 Å². The molecule has 1 aromatic rings. The third kappa shape index (κ3) is 3.96. The summed E-state index contributed by atoms with van der Waals surface area (Å²) in [5, 5.41) is 3.12. The summed E-state index contributed by atoms with van der Waals surface area (Å²) in [7, 11) is -1.86. The quantitative estimate of drug-likeness (QED) is 0.816. The molecule has 1 unspecified atom stereocenters. The molecule has 0 heterocycles. The van der Waals surface area contributed by atoms with Crippen molar-refractivity contribution >= 4 is 21.5 Å². The first-order chi connectivity index (χ1) is 9.23. The number of benzene rings is 1. The molecule has 6 heteroatoms. The summed E-state index contributed by atoms with van der Waals surface area (Å²) >= 11 is 0. The van der Waals surface area contributed by atoms with Crippen molar-refractivity contribution in [3.8, 4) is 0 Å². The number of hydrogen-bond donors (Lipinski definition) is 1. The van der Waals surface area contributed by atoms with Gasteiger partial charge in [-0.2, -0.15) is 0 Å². The van der Waals surface area contributed by atoms with Crippen LogP contribution in [-0.2, 0) is 19.4 Å². The molecule has 0 radical (unpaired) electrons. The van der Waals surface area contributed by atoms with Crippen molar-refractivity contribution in [3.05, 3.63) is 24.3 Å². The largest absolute Gasteiger partial charge is 0.467 e. The minimum Gasteiger partial charge on any atom is -0.467 e. The van der Waals surface area contributed by atoms with Crippen LogP contribution in [0.3, 0.4) is 0 Å². The van der Waals surface area contributed by atoms with Gasteiger partial charge in [-0.1, -0.05) is 13.3 Å². The van der Waals surface area contributed by atoms with E-state index in [-0.39, 0.29) is 10.9 Å². The Bertz CT molecular complexity index is 565. The fraction of sp³-hybridized carbons (Fsp3) is 0.500. The van der Waals surface area contributed by atoms with Crippen LogP contribution in [0, 0.1) is 0 Å². The number of sulfone groups is 1. The number of nitrogens with one attached hydrogen (secondary N) is 1. The highest BCUT2D eigenvalue weighted by Crippen LogP contribution is 2.23. The zero-order valence-electron chi connectivity index (χ0n) is 12.3. The number of ether oxygens (including phenoxy) is 1. The van der Waals surface area contributed by atoms with E-state index in [1.165, 1.54) is 19.2 Å². The summed E-state index contributed by atoms with van der Waals surface area (Å²) < 4.78 is 27.6. The molecule has 0 saturated carbocycles. The van der Waals surface area contributed by atoms with Crippen LogP contribution < -0.4 is 5.32 Å². The molecule has 0 fully saturated rings. The van der Waals surface area contributed by atoms with Crippen molar-refractivity contribution < 1.29 is 17.9 Å². The summed E-state index contributed by atoms with van der Waals surface area (Å²) in [6, 6.07) is 6.32. The lowest BCUT2D eigenvalue weighted by Crippen LogP contribution is -2.44. The molecular formula is C14H21NO4S. The minimum atomic E-state index is -3.21. The van der Waals surface area contributed by atoms with Gasteiger partial charge in [-0.25, -0.2) is 13.2 Å². The summed E-state index contributed by atoms with van der Waals surface area (Å²) in [5.41, 5.74) is -0.144. The average molecular weight is 299 g/mol. The van der Waals surface area contributed by atoms with Crippen LogP contribution in [0.2, 0.25) is 0 Å². The van der Waals surface area contributed by atoms with Gasteiger partial charge in [0.1, 0.15) is 5.54 Å². The van der Waals surface area contributed by atoms with E-state index in [9.17, 15) is 13.2 Å². The molecule has 0 aliphatic heterocycles. The highest BCUT2D eigenvalue weighted by Gasteiger charge is 2.33. The molecule has 1 aromatic carbocycles. The second kappa shape index (κ2) is 6.26. The molecule has 1 rings (SSSR count). The third-order valence-electron chi connectivity index (χ3n) is 3.09. The van der Waals surface area contributed by atoms with E-state index in [1.54, 1.807) is 19.1 Å². The molecular weight excluding hydrogens is 278 g/mol. The topological polar surface area (TPSA) is 72.5 Å². The molecule has 0 bridgehead atoms. The maximum atomic E-state index is 11.9. The van der Waals surface area contributed by atoms with Crippen molar-refractivity contribution in [3.63, 3.8) is 0 Å². The maximum absolute atomic E-state index is 11.9. The summed E-state index contributed by atoms with van der Waals surface area (Å²) in [4.78, 5) is 12.1. The first-order valence-corrected chi connectivity index (χ1v) is 8.29. The van der Waals surface area contributed by atoms with E-state index in [4.69, 9.17) is 4.74 Å². The number of carbonyl (C=O) groups excluding carboxylic acids is 1. The average Bonchev–Trinajstić information content (AvgIpc) is 2.37. The van der Waals surface area contributed by atoms with Crippen LogP contribution in [0.15, 0.2) is 29.2 Å². The summed E-state index contributed by atoms with van der Waals surface area (Å²) in [5.74, 6) is -0.341. The molecule has 1 N–H and O–H groups in total. The van der Waals surface area contributed by atoms with Crippen molar-refractivity contribution in [1.29, 1.82) is 0 Å². The van der Waals surface area contributed by atoms with Crippen LogP contribution in [-0.4, -0.2) is 33.3 Å². The molecule has 112 valence electrons. The SMILES string of the molecule is CCCC(C)(Nc1ccc(S(C)(=O)=O)cc1)C(=O)OC. The first kappa shape index (κ1) is 16.5. The number of rotatable bonds is 6. The van der Waals surface area contributed by atoms with Crippen LogP contribution >= 0.6 is 0 Å². The van der Waals surface area contributed by atoms with Crippen LogP contribution in [0.5, 0.6) is 0 Å². The Morgan fingerprint density at radius 1 is 1.30 bits per heavy atom. The molecule has 0 spiro atoms. The molecule has 0 aromatic heterocycles. The molecule has 0 aliphatic rings. The van der Waals surface area contributed by atoms with Gasteiger partial charge in [0, 0.05) is 11.9 Å². The number of esters is 1. The number of hydrogen-bond acceptors (Lipinski definition) is 5. The van der Waals surface area contributed by atoms with E-state index in [1.807, 2.05) is 6.92 Å². The van der Waals surface area contributed by atoms with E-state index in [2.05, 4.69) is 5.32 Å². The standard InChI is InChI=1S/C14H21NO4S/c1-5-10-14(2,13(16)19-3)15-11-6-8-12(9-7-11)20(4,17)18/h6-9,15H,5,10H2,1-4H3. The third-order valence-corrected chi connectivity index (χ3v) is 4.22. The summed E-state index contributed by atoms with van der Waals surface area (Å²) in [6.07, 6.45) is 2.60. The van der Waals surface area contributed by atoms with Gasteiger partial charge in [0.2, 0.25) is 0 Å². The summed E-state index contributed by atoms with van der Waals surface area (Å²) in [6.45, 7) is 3.75. The lowest BCUT2D eigenvalue weighted by atomic mass is 9.96. The minimum absolute atomic E-state index is 0.248. The number of methoxy groups -OCH3 is 1. The molecule has 1 atom stereocenters. The van der Waals surface area contributed by atoms with Crippen LogP contribution in [0.4, 0.5) is 5.69 Å². The Kier molecular flexibility index (Phi) is 5.16. The predicted octanol–water partition coefficient (Wildman–Crippen LogP) is 2.23. The lowest BCUT2D eigenvalue weighted by Gasteiger charge is -2.28. The van der Waals surface area contributed by atoms with E-state index >= 15 is 0 Å². The Hall–Kier alpha value is -1.56. The monoisotopic (exact) mass is 299 g/mol. The fourth-order valence-electron chi connectivity index (χ4n) is 2.04. The first-order valence-electron chi connectivity index (χ1n) is 6.39. The van der Waals surface area contributed by atoms with Gasteiger partial charge < -0.3 is 10.1 Å². The van der Waals surface area contributed by atoms with Gasteiger partial charge in [-0.3, -0.25) is 0 Å². The zero-order valence-corrected chi connectivity index (χ0v) is 13.1. The normalized spacial score (nSPS) is 14.4. The van der Waals surface area contributed by atoms with Crippen molar-refractivity contribution in [2.24, 2.45) is 0 Å². The van der Waals surface area contributed by atoms with Gasteiger partial charge in [0.05, 0.1) is 12.0 Å². The van der Waals surface area contributed by atoms with Gasteiger partial charge in [0.15, 0.2) is 9.84 Å². The van der Waals surface area contributed by atoms with Gasteiger partial charge in [-0.15, -0.1) is 0 Å². The fourth-order valence-corrected chi connectivity index (χ4v) is 2.68. The van der Waals surface area contributed by atoms with E-state index in [0.29, 0.717) is 12.1 Å². The predicted molar refractivity (Wildman–Crippen MR) is 78.5 cm³/mol. The zero-order chi connectivity index (χ0) is 15.4. The van der Waals surface area contributed by atoms with Gasteiger partial charge in [0.25, 0.3) is 0 Å². The molecule has 0 amide bonds. The van der Waals surface area contributed by atoms with Crippen molar-refractivity contribution in [2.75, 3.05) is 18.7 Å². The molecule has 0 aliphatic carbocycles. The number of carbonyl (C=O) groups is 1. The smallest absolute Gasteiger partial charge is 0.331 e.